The third kappa shape index (κ3) is 6.29. The van der Waals surface area contributed by atoms with E-state index in [-0.39, 0.29) is 16.6 Å². The van der Waals surface area contributed by atoms with Crippen molar-refractivity contribution in [2.45, 2.75) is 18.7 Å². The van der Waals surface area contributed by atoms with Gasteiger partial charge in [0.15, 0.2) is 5.82 Å². The Morgan fingerprint density at radius 3 is 2.15 bits per heavy atom. The first-order valence-corrected chi connectivity index (χ1v) is 11.4. The lowest BCUT2D eigenvalue weighted by Crippen LogP contribution is -2.13. The van der Waals surface area contributed by atoms with Gasteiger partial charge in [-0.25, -0.2) is 18.1 Å². The molecule has 34 heavy (non-hydrogen) atoms. The van der Waals surface area contributed by atoms with Crippen LogP contribution in [0.15, 0.2) is 86.4 Å². The highest BCUT2D eigenvalue weighted by molar-refractivity contribution is 7.92. The molecular weight excluding hydrogens is 456 g/mol. The van der Waals surface area contributed by atoms with E-state index in [9.17, 15) is 8.42 Å². The van der Waals surface area contributed by atoms with E-state index in [0.717, 1.165) is 5.69 Å². The van der Waals surface area contributed by atoms with Crippen molar-refractivity contribution >= 4 is 44.6 Å². The minimum Gasteiger partial charge on any atom is -0.399 e. The van der Waals surface area contributed by atoms with Crippen molar-refractivity contribution in [3.63, 3.8) is 0 Å². The molecule has 0 unspecified atom stereocenters. The predicted octanol–water partition coefficient (Wildman–Crippen LogP) is 4.34. The maximum absolute atomic E-state index is 12.0. The van der Waals surface area contributed by atoms with E-state index in [0.29, 0.717) is 28.5 Å². The zero-order chi connectivity index (χ0) is 24.7. The Hall–Kier alpha value is -4.45. The van der Waals surface area contributed by atoms with Crippen molar-refractivity contribution in [3.8, 4) is 0 Å². The van der Waals surface area contributed by atoms with Crippen LogP contribution in [0.4, 0.5) is 34.6 Å². The number of pyridine rings is 1. The predicted molar refractivity (Wildman–Crippen MR) is 131 cm³/mol. The van der Waals surface area contributed by atoms with E-state index in [1.54, 1.807) is 26.0 Å². The summed E-state index contributed by atoms with van der Waals surface area (Å²) in [5.74, 6) is 0.778. The molecule has 0 fully saturated rings. The minimum atomic E-state index is -3.68. The Kier molecular flexibility index (Phi) is 7.43. The highest BCUT2D eigenvalue weighted by Crippen LogP contribution is 2.24. The molecule has 0 bridgehead atoms. The van der Waals surface area contributed by atoms with Crippen LogP contribution in [0.3, 0.4) is 0 Å². The SMILES string of the molecule is Cc1noc(NS(=O)(=O)c2ccc(N)cc2)c1C.Nc1ccc(N=Nc2ccccc2)c(N)n1. The van der Waals surface area contributed by atoms with Crippen LogP contribution in [0, 0.1) is 13.8 Å². The van der Waals surface area contributed by atoms with E-state index in [1.165, 1.54) is 24.3 Å². The number of sulfonamides is 1. The van der Waals surface area contributed by atoms with Crippen LogP contribution in [-0.4, -0.2) is 18.6 Å². The summed E-state index contributed by atoms with van der Waals surface area (Å²) in [4.78, 5) is 4.00. The molecule has 4 aromatic rings. The fraction of sp³-hybridized carbons (Fsp3) is 0.0909. The topological polar surface area (TPSA) is 188 Å². The van der Waals surface area contributed by atoms with Crippen LogP contribution < -0.4 is 21.9 Å². The highest BCUT2D eigenvalue weighted by Gasteiger charge is 2.18. The lowest BCUT2D eigenvalue weighted by Gasteiger charge is -2.05. The summed E-state index contributed by atoms with van der Waals surface area (Å²) in [6.07, 6.45) is 0. The number of nitrogens with zero attached hydrogens (tertiary/aromatic N) is 4. The first kappa shape index (κ1) is 24.2. The van der Waals surface area contributed by atoms with Crippen molar-refractivity contribution in [2.24, 2.45) is 10.2 Å². The molecule has 2 heterocycles. The van der Waals surface area contributed by atoms with Crippen molar-refractivity contribution in [1.29, 1.82) is 0 Å². The van der Waals surface area contributed by atoms with Gasteiger partial charge in [-0.15, -0.1) is 5.11 Å². The number of hydrogen-bond donors (Lipinski definition) is 4. The first-order chi connectivity index (χ1) is 16.2. The van der Waals surface area contributed by atoms with Gasteiger partial charge < -0.3 is 21.7 Å². The third-order valence-corrected chi connectivity index (χ3v) is 5.87. The van der Waals surface area contributed by atoms with Gasteiger partial charge in [-0.1, -0.05) is 23.4 Å². The Bertz CT molecular complexity index is 1390. The van der Waals surface area contributed by atoms with Crippen LogP contribution in [0.1, 0.15) is 11.3 Å². The van der Waals surface area contributed by atoms with E-state index in [4.69, 9.17) is 21.7 Å². The second kappa shape index (κ2) is 10.4. The van der Waals surface area contributed by atoms with E-state index in [2.05, 4.69) is 25.1 Å². The molecule has 2 aromatic heterocycles. The van der Waals surface area contributed by atoms with Gasteiger partial charge in [0.1, 0.15) is 11.5 Å². The molecule has 11 nitrogen and oxygen atoms in total. The number of azo groups is 1. The monoisotopic (exact) mass is 480 g/mol. The molecule has 0 aliphatic rings. The zero-order valence-electron chi connectivity index (χ0n) is 18.5. The van der Waals surface area contributed by atoms with Gasteiger partial charge >= 0.3 is 0 Å². The summed E-state index contributed by atoms with van der Waals surface area (Å²) in [6, 6.07) is 18.6. The van der Waals surface area contributed by atoms with Crippen molar-refractivity contribution < 1.29 is 12.9 Å². The number of nitrogen functional groups attached to an aromatic ring is 3. The van der Waals surface area contributed by atoms with Gasteiger partial charge in [0.2, 0.25) is 5.88 Å². The average molecular weight is 481 g/mol. The Morgan fingerprint density at radius 2 is 1.56 bits per heavy atom. The fourth-order valence-electron chi connectivity index (χ4n) is 2.51. The van der Waals surface area contributed by atoms with Crippen LogP contribution >= 0.6 is 0 Å². The van der Waals surface area contributed by atoms with Gasteiger partial charge in [0.05, 0.1) is 16.3 Å². The second-order valence-corrected chi connectivity index (χ2v) is 8.76. The number of anilines is 4. The molecule has 0 aliphatic heterocycles. The van der Waals surface area contributed by atoms with Gasteiger partial charge in [0, 0.05) is 11.3 Å². The normalized spacial score (nSPS) is 11.1. The van der Waals surface area contributed by atoms with Crippen LogP contribution in [0.2, 0.25) is 0 Å². The van der Waals surface area contributed by atoms with Gasteiger partial charge in [-0.2, -0.15) is 5.11 Å². The summed E-state index contributed by atoms with van der Waals surface area (Å²) in [5, 5.41) is 11.7. The molecule has 0 spiro atoms. The van der Waals surface area contributed by atoms with E-state index >= 15 is 0 Å². The summed E-state index contributed by atoms with van der Waals surface area (Å²) in [5.41, 5.74) is 19.7. The molecule has 0 saturated carbocycles. The molecule has 0 saturated heterocycles. The number of nitrogens with one attached hydrogen (secondary N) is 1. The number of rotatable bonds is 5. The summed E-state index contributed by atoms with van der Waals surface area (Å²) >= 11 is 0. The number of aromatic nitrogens is 2. The largest absolute Gasteiger partial charge is 0.399 e. The number of nitrogens with two attached hydrogens (primary N) is 3. The molecular formula is C22H24N8O3S. The summed E-state index contributed by atoms with van der Waals surface area (Å²) < 4.78 is 31.3. The maximum atomic E-state index is 12.0. The lowest BCUT2D eigenvalue weighted by molar-refractivity contribution is 0.430. The molecule has 2 aromatic carbocycles. The van der Waals surface area contributed by atoms with Crippen LogP contribution in [0.5, 0.6) is 0 Å². The fourth-order valence-corrected chi connectivity index (χ4v) is 3.56. The summed E-state index contributed by atoms with van der Waals surface area (Å²) in [6.45, 7) is 3.46. The second-order valence-electron chi connectivity index (χ2n) is 7.07. The molecule has 0 radical (unpaired) electrons. The molecule has 4 rings (SSSR count). The minimum absolute atomic E-state index is 0.116. The van der Waals surface area contributed by atoms with Crippen molar-refractivity contribution in [2.75, 3.05) is 21.9 Å². The van der Waals surface area contributed by atoms with Crippen molar-refractivity contribution in [1.82, 2.24) is 10.1 Å². The van der Waals surface area contributed by atoms with E-state index in [1.807, 2.05) is 30.3 Å². The van der Waals surface area contributed by atoms with Gasteiger partial charge in [-0.3, -0.25) is 0 Å². The number of hydrogen-bond acceptors (Lipinski definition) is 10. The Morgan fingerprint density at radius 1 is 0.882 bits per heavy atom. The molecule has 7 N–H and O–H groups in total. The highest BCUT2D eigenvalue weighted by atomic mass is 32.2. The van der Waals surface area contributed by atoms with E-state index < -0.39 is 10.0 Å². The van der Waals surface area contributed by atoms with Crippen molar-refractivity contribution in [3.05, 3.63) is 78.0 Å². The lowest BCUT2D eigenvalue weighted by atomic mass is 10.3. The molecule has 0 aliphatic carbocycles. The average Bonchev–Trinajstić information content (AvgIpc) is 3.11. The first-order valence-electron chi connectivity index (χ1n) is 9.96. The molecule has 0 amide bonds. The third-order valence-electron chi connectivity index (χ3n) is 4.53. The van der Waals surface area contributed by atoms with Gasteiger partial charge in [-0.05, 0) is 62.4 Å². The maximum Gasteiger partial charge on any atom is 0.264 e. The van der Waals surface area contributed by atoms with Crippen LogP contribution in [0.25, 0.3) is 0 Å². The molecule has 176 valence electrons. The Balaban J connectivity index is 0.000000192. The zero-order valence-corrected chi connectivity index (χ0v) is 19.3. The number of aryl methyl sites for hydroxylation is 1. The standard InChI is InChI=1S/C11H11N5.C11H13N3O3S/c12-10-7-6-9(11(13)14-10)16-15-8-4-2-1-3-5-8;1-7-8(2)13-17-11(7)14-18(15,16)10-5-3-9(12)4-6-10/h1-7H,(H4,12,13,14);3-6,14H,12H2,1-2H3. The Labute approximate surface area is 196 Å². The molecule has 12 heteroatoms. The summed E-state index contributed by atoms with van der Waals surface area (Å²) in [7, 11) is -3.68. The number of benzene rings is 2. The van der Waals surface area contributed by atoms with Gasteiger partial charge in [0.25, 0.3) is 10.0 Å². The van der Waals surface area contributed by atoms with Crippen LogP contribution in [-0.2, 0) is 10.0 Å². The smallest absolute Gasteiger partial charge is 0.264 e. The quantitative estimate of drug-likeness (QED) is 0.240. The molecule has 0 atom stereocenters.